The lowest BCUT2D eigenvalue weighted by atomic mass is 9.92. The molecule has 0 saturated carbocycles. The van der Waals surface area contributed by atoms with Crippen LogP contribution in [-0.4, -0.2) is 125 Å². The highest BCUT2D eigenvalue weighted by atomic mass is 16.5. The van der Waals surface area contributed by atoms with Gasteiger partial charge in [-0.2, -0.15) is 0 Å². The lowest BCUT2D eigenvalue weighted by Crippen LogP contribution is -2.61. The fourth-order valence-electron chi connectivity index (χ4n) is 6.94. The minimum absolute atomic E-state index is 0.0516. The summed E-state index contributed by atoms with van der Waals surface area (Å²) in [6.07, 6.45) is -0.0829. The third-order valence-electron chi connectivity index (χ3n) is 10.4. The number of carbonyl (C=O) groups excluding carboxylic acids is 6. The summed E-state index contributed by atoms with van der Waals surface area (Å²) in [6, 6.07) is 9.20. The van der Waals surface area contributed by atoms with Gasteiger partial charge in [0.1, 0.15) is 53.5 Å². The van der Waals surface area contributed by atoms with Gasteiger partial charge in [-0.05, 0) is 73.9 Å². The van der Waals surface area contributed by atoms with Crippen LogP contribution < -0.4 is 20.7 Å². The Kier molecular flexibility index (Phi) is 12.0. The maximum atomic E-state index is 14.6. The molecule has 0 aliphatic carbocycles. The van der Waals surface area contributed by atoms with E-state index in [4.69, 9.17) is 4.74 Å². The summed E-state index contributed by atoms with van der Waals surface area (Å²) in [4.78, 5) is 87.7. The molecule has 15 heteroatoms. The molecule has 6 amide bonds. The van der Waals surface area contributed by atoms with E-state index in [0.717, 1.165) is 0 Å². The van der Waals surface area contributed by atoms with E-state index in [2.05, 4.69) is 16.0 Å². The van der Waals surface area contributed by atoms with Crippen molar-refractivity contribution in [1.29, 1.82) is 0 Å². The van der Waals surface area contributed by atoms with E-state index >= 15 is 0 Å². The number of hydrogen-bond donors (Lipinski definition) is 5. The monoisotopic (exact) mass is 756 g/mol. The fourth-order valence-corrected chi connectivity index (χ4v) is 6.94. The first-order chi connectivity index (χ1) is 26.0. The van der Waals surface area contributed by atoms with Crippen molar-refractivity contribution in [3.8, 4) is 28.4 Å². The van der Waals surface area contributed by atoms with Crippen molar-refractivity contribution >= 4 is 35.4 Å². The molecule has 2 aliphatic rings. The Bertz CT molecular complexity index is 1990. The van der Waals surface area contributed by atoms with E-state index in [-0.39, 0.29) is 41.9 Å². The zero-order valence-corrected chi connectivity index (χ0v) is 32.0. The van der Waals surface area contributed by atoms with Crippen molar-refractivity contribution in [3.63, 3.8) is 0 Å². The predicted octanol–water partition coefficient (Wildman–Crippen LogP) is 1.12. The molecule has 0 unspecified atom stereocenters. The Morgan fingerprint density at radius 1 is 0.600 bits per heavy atom. The van der Waals surface area contributed by atoms with Gasteiger partial charge in [-0.25, -0.2) is 0 Å². The van der Waals surface area contributed by atoms with Crippen LogP contribution in [0.2, 0.25) is 0 Å². The number of rotatable bonds is 3. The number of phenols is 2. The number of phenolic OH excluding ortho intramolecular Hbond substituents is 2. The summed E-state index contributed by atoms with van der Waals surface area (Å²) in [5.41, 5.74) is 2.32. The van der Waals surface area contributed by atoms with E-state index < -0.39 is 71.7 Å². The molecule has 6 bridgehead atoms. The third-order valence-corrected chi connectivity index (χ3v) is 10.4. The second-order valence-electron chi connectivity index (χ2n) is 14.2. The van der Waals surface area contributed by atoms with Crippen LogP contribution in [0, 0.1) is 0 Å². The van der Waals surface area contributed by atoms with Crippen LogP contribution in [-0.2, 0) is 48.0 Å². The first-order valence-corrected chi connectivity index (χ1v) is 18.0. The van der Waals surface area contributed by atoms with Crippen LogP contribution in [0.3, 0.4) is 0 Å². The SMILES string of the molecule is COc1ccc(C[C@H]2C(=O)N[C@@H](C)C(=O)N(C)[C@H]3Cc4ccc(O)c(c4)-c4cc(ccc4O)C[C@@H](C(=O)N[C@H](C)C(=O)N[C@@H](C)C(=O)N2C)N(C)C3=O)cc1. The smallest absolute Gasteiger partial charge is 0.246 e. The molecule has 5 N–H and O–H groups in total. The molecular weight excluding hydrogens is 708 g/mol. The number of ether oxygens (including phenoxy) is 1. The largest absolute Gasteiger partial charge is 0.507 e. The summed E-state index contributed by atoms with van der Waals surface area (Å²) in [5, 5.41) is 29.7. The number of methoxy groups -OCH3 is 1. The molecule has 55 heavy (non-hydrogen) atoms. The van der Waals surface area contributed by atoms with Crippen molar-refractivity contribution in [2.45, 2.75) is 76.3 Å². The van der Waals surface area contributed by atoms with E-state index in [1.165, 1.54) is 75.9 Å². The van der Waals surface area contributed by atoms with E-state index in [1.807, 2.05) is 0 Å². The van der Waals surface area contributed by atoms with Gasteiger partial charge in [0.2, 0.25) is 35.4 Å². The minimum Gasteiger partial charge on any atom is -0.507 e. The Morgan fingerprint density at radius 3 is 1.62 bits per heavy atom. The Balaban J connectivity index is 1.60. The number of benzene rings is 3. The molecule has 292 valence electrons. The molecule has 0 spiro atoms. The predicted molar refractivity (Wildman–Crippen MR) is 202 cm³/mol. The van der Waals surface area contributed by atoms with Crippen LogP contribution in [0.1, 0.15) is 37.5 Å². The summed E-state index contributed by atoms with van der Waals surface area (Å²) < 4.78 is 5.25. The number of aromatic hydroxyl groups is 2. The average Bonchev–Trinajstić information content (AvgIpc) is 3.16. The van der Waals surface area contributed by atoms with Gasteiger partial charge in [-0.15, -0.1) is 0 Å². The lowest BCUT2D eigenvalue weighted by molar-refractivity contribution is -0.149. The number of hydrogen-bond acceptors (Lipinski definition) is 9. The van der Waals surface area contributed by atoms with E-state index in [9.17, 15) is 39.0 Å². The maximum Gasteiger partial charge on any atom is 0.246 e. The minimum atomic E-state index is -1.21. The van der Waals surface area contributed by atoms with Gasteiger partial charge >= 0.3 is 0 Å². The molecule has 0 aromatic heterocycles. The molecule has 2 heterocycles. The topological polar surface area (TPSA) is 198 Å². The van der Waals surface area contributed by atoms with Crippen LogP contribution in [0.25, 0.3) is 11.1 Å². The van der Waals surface area contributed by atoms with Crippen molar-refractivity contribution in [2.24, 2.45) is 0 Å². The Morgan fingerprint density at radius 2 is 1.07 bits per heavy atom. The average molecular weight is 757 g/mol. The lowest BCUT2D eigenvalue weighted by Gasteiger charge is -2.37. The Labute approximate surface area is 319 Å². The van der Waals surface area contributed by atoms with Crippen molar-refractivity contribution in [2.75, 3.05) is 28.3 Å². The van der Waals surface area contributed by atoms with Crippen LogP contribution in [0.15, 0.2) is 60.7 Å². The molecule has 15 nitrogen and oxygen atoms in total. The molecular formula is C40H48N6O9. The second-order valence-corrected chi connectivity index (χ2v) is 14.2. The number of likely N-dealkylation sites (N-methyl/N-ethyl adjacent to an activating group) is 3. The van der Waals surface area contributed by atoms with Crippen molar-refractivity contribution in [3.05, 3.63) is 77.4 Å². The normalized spacial score (nSPS) is 24.5. The molecule has 6 atom stereocenters. The molecule has 5 rings (SSSR count). The number of nitrogens with one attached hydrogen (secondary N) is 3. The fraction of sp³-hybridized carbons (Fsp3) is 0.400. The van der Waals surface area contributed by atoms with E-state index in [1.54, 1.807) is 48.5 Å². The standard InChI is InChI=1S/C40H48N6O9/c1-21-35(49)42-22(2)38(52)44(4)30(18-24-8-12-27(55-7)13-9-24)37(51)43-23(3)39(53)46(6)32-20-26-11-15-34(48)29(17-26)28-16-25(10-14-33(28)47)19-31(36(50)41-21)45(5)40(32)54/h8-17,21-23,30-32,47-48H,18-20H2,1-7H3,(H,41,50)(H,42,49)(H,43,51)/t21-,22+,23+,30+,31+,32+/m1/s1. The highest BCUT2D eigenvalue weighted by molar-refractivity contribution is 5.98. The van der Waals surface area contributed by atoms with Crippen LogP contribution in [0.4, 0.5) is 0 Å². The highest BCUT2D eigenvalue weighted by Crippen LogP contribution is 2.37. The van der Waals surface area contributed by atoms with Gasteiger partial charge in [0.25, 0.3) is 0 Å². The summed E-state index contributed by atoms with van der Waals surface area (Å²) in [6.45, 7) is 4.37. The number of nitrogens with zero attached hydrogens (tertiary/aromatic N) is 3. The van der Waals surface area contributed by atoms with Gasteiger partial charge in [0.15, 0.2) is 0 Å². The molecule has 0 radical (unpaired) electrons. The van der Waals surface area contributed by atoms with E-state index in [0.29, 0.717) is 22.4 Å². The Hall–Kier alpha value is -6.12. The van der Waals surface area contributed by atoms with Crippen LogP contribution >= 0.6 is 0 Å². The van der Waals surface area contributed by atoms with Gasteiger partial charge in [0.05, 0.1) is 7.11 Å². The van der Waals surface area contributed by atoms with Crippen molar-refractivity contribution < 1.29 is 43.7 Å². The van der Waals surface area contributed by atoms with Gasteiger partial charge < -0.3 is 45.6 Å². The summed E-state index contributed by atoms with van der Waals surface area (Å²) in [5.74, 6) is -3.49. The summed E-state index contributed by atoms with van der Waals surface area (Å²) in [7, 11) is 5.81. The molecule has 2 aliphatic heterocycles. The quantitative estimate of drug-likeness (QED) is 0.260. The van der Waals surface area contributed by atoms with Crippen LogP contribution in [0.5, 0.6) is 17.2 Å². The molecule has 3 aromatic carbocycles. The van der Waals surface area contributed by atoms with Gasteiger partial charge in [-0.3, -0.25) is 28.8 Å². The number of amides is 6. The van der Waals surface area contributed by atoms with Gasteiger partial charge in [0, 0.05) is 51.5 Å². The second kappa shape index (κ2) is 16.5. The van der Waals surface area contributed by atoms with Crippen molar-refractivity contribution in [1.82, 2.24) is 30.7 Å². The number of carbonyl (C=O) groups is 6. The van der Waals surface area contributed by atoms with Gasteiger partial charge in [-0.1, -0.05) is 24.3 Å². The summed E-state index contributed by atoms with van der Waals surface area (Å²) >= 11 is 0. The molecule has 1 saturated heterocycles. The number of fused-ring (bicyclic) bond motifs is 8. The molecule has 3 aromatic rings. The third kappa shape index (κ3) is 8.66. The zero-order valence-electron chi connectivity index (χ0n) is 32.0. The maximum absolute atomic E-state index is 14.6. The zero-order chi connectivity index (χ0) is 40.3. The molecule has 1 fully saturated rings. The highest BCUT2D eigenvalue weighted by Gasteiger charge is 2.39. The first-order valence-electron chi connectivity index (χ1n) is 18.0. The first kappa shape index (κ1) is 40.1.